The predicted octanol–water partition coefficient (Wildman–Crippen LogP) is 4.34. The minimum atomic E-state index is 0.692. The summed E-state index contributed by atoms with van der Waals surface area (Å²) in [5, 5.41) is 4.25. The number of hydrogen-bond acceptors (Lipinski definition) is 2. The molecule has 21 heavy (non-hydrogen) atoms. The van der Waals surface area contributed by atoms with Gasteiger partial charge in [0.15, 0.2) is 0 Å². The van der Waals surface area contributed by atoms with Crippen LogP contribution >= 0.6 is 11.6 Å². The molecule has 3 heteroatoms. The minimum absolute atomic E-state index is 0.692. The third kappa shape index (κ3) is 5.88. The van der Waals surface area contributed by atoms with E-state index in [9.17, 15) is 0 Å². The Hall–Kier alpha value is -1.35. The fourth-order valence-corrected chi connectivity index (χ4v) is 2.23. The van der Waals surface area contributed by atoms with E-state index < -0.39 is 0 Å². The molecule has 112 valence electrons. The van der Waals surface area contributed by atoms with Crippen molar-refractivity contribution in [2.75, 3.05) is 13.2 Å². The molecule has 0 aliphatic heterocycles. The van der Waals surface area contributed by atoms with Gasteiger partial charge in [0, 0.05) is 18.2 Å². The van der Waals surface area contributed by atoms with Crippen LogP contribution in [0.2, 0.25) is 5.02 Å². The van der Waals surface area contributed by atoms with Crippen molar-refractivity contribution in [1.29, 1.82) is 0 Å². The normalized spacial score (nSPS) is 10.8. The Balaban J connectivity index is 1.55. The van der Waals surface area contributed by atoms with E-state index in [0.29, 0.717) is 6.61 Å². The zero-order chi connectivity index (χ0) is 14.9. The number of ether oxygens (including phenoxy) is 1. The molecule has 0 saturated carbocycles. The Morgan fingerprint density at radius 2 is 1.86 bits per heavy atom. The van der Waals surface area contributed by atoms with E-state index in [2.05, 4.69) is 29.6 Å². The highest BCUT2D eigenvalue weighted by molar-refractivity contribution is 6.31. The largest absolute Gasteiger partial charge is 0.377 e. The lowest BCUT2D eigenvalue weighted by molar-refractivity contribution is 0.118. The van der Waals surface area contributed by atoms with Crippen LogP contribution in [0.15, 0.2) is 48.5 Å². The molecule has 0 aliphatic rings. The second-order valence-corrected chi connectivity index (χ2v) is 5.56. The van der Waals surface area contributed by atoms with Gasteiger partial charge in [-0.3, -0.25) is 0 Å². The van der Waals surface area contributed by atoms with E-state index in [1.807, 2.05) is 31.2 Å². The second kappa shape index (κ2) is 8.83. The van der Waals surface area contributed by atoms with Gasteiger partial charge in [-0.15, -0.1) is 0 Å². The highest BCUT2D eigenvalue weighted by atomic mass is 35.5. The van der Waals surface area contributed by atoms with Crippen molar-refractivity contribution in [1.82, 2.24) is 5.32 Å². The van der Waals surface area contributed by atoms with Gasteiger partial charge in [0.05, 0.1) is 6.61 Å². The molecule has 0 fully saturated rings. The lowest BCUT2D eigenvalue weighted by Gasteiger charge is -2.07. The quantitative estimate of drug-likeness (QED) is 0.732. The first kappa shape index (κ1) is 16.0. The molecule has 0 amide bonds. The van der Waals surface area contributed by atoms with Gasteiger partial charge in [-0.25, -0.2) is 0 Å². The van der Waals surface area contributed by atoms with Crippen molar-refractivity contribution in [3.63, 3.8) is 0 Å². The van der Waals surface area contributed by atoms with E-state index >= 15 is 0 Å². The molecule has 0 saturated heterocycles. The average molecular weight is 304 g/mol. The number of nitrogens with one attached hydrogen (secondary N) is 1. The fourth-order valence-electron chi connectivity index (χ4n) is 2.11. The van der Waals surface area contributed by atoms with E-state index in [-0.39, 0.29) is 0 Å². The maximum Gasteiger partial charge on any atom is 0.0716 e. The van der Waals surface area contributed by atoms with Gasteiger partial charge in [0.1, 0.15) is 0 Å². The van der Waals surface area contributed by atoms with Gasteiger partial charge in [0.25, 0.3) is 0 Å². The van der Waals surface area contributed by atoms with Crippen molar-refractivity contribution < 1.29 is 4.74 Å². The summed E-state index contributed by atoms with van der Waals surface area (Å²) >= 11 is 6.01. The molecule has 2 rings (SSSR count). The van der Waals surface area contributed by atoms with Gasteiger partial charge in [-0.2, -0.15) is 0 Å². The van der Waals surface area contributed by atoms with Crippen LogP contribution in [0, 0.1) is 6.92 Å². The van der Waals surface area contributed by atoms with Crippen LogP contribution < -0.4 is 5.32 Å². The standard InChI is InChI=1S/C18H22ClNO/c1-15-12-17(8-9-18(15)19)13-20-10-5-11-21-14-16-6-3-2-4-7-16/h2-4,6-9,12,20H,5,10-11,13-14H2,1H3. The third-order valence-electron chi connectivity index (χ3n) is 3.31. The Kier molecular flexibility index (Phi) is 6.74. The SMILES string of the molecule is Cc1cc(CNCCCOCc2ccccc2)ccc1Cl. The maximum atomic E-state index is 6.01. The van der Waals surface area contributed by atoms with Crippen molar-refractivity contribution in [3.05, 3.63) is 70.2 Å². The predicted molar refractivity (Wildman–Crippen MR) is 88.6 cm³/mol. The van der Waals surface area contributed by atoms with E-state index in [4.69, 9.17) is 16.3 Å². The summed E-state index contributed by atoms with van der Waals surface area (Å²) in [7, 11) is 0. The molecule has 0 aliphatic carbocycles. The fraction of sp³-hybridized carbons (Fsp3) is 0.333. The molecule has 1 N–H and O–H groups in total. The number of rotatable bonds is 8. The Morgan fingerprint density at radius 3 is 2.62 bits per heavy atom. The summed E-state index contributed by atoms with van der Waals surface area (Å²) in [5.74, 6) is 0. The van der Waals surface area contributed by atoms with Gasteiger partial charge in [-0.05, 0) is 42.6 Å². The van der Waals surface area contributed by atoms with E-state index in [1.165, 1.54) is 11.1 Å². The molecule has 2 aromatic carbocycles. The molecule has 0 aromatic heterocycles. The first-order chi connectivity index (χ1) is 10.3. The summed E-state index contributed by atoms with van der Waals surface area (Å²) in [6.45, 7) is 5.33. The molecule has 2 nitrogen and oxygen atoms in total. The summed E-state index contributed by atoms with van der Waals surface area (Å²) in [5.41, 5.74) is 3.62. The highest BCUT2D eigenvalue weighted by Crippen LogP contribution is 2.16. The van der Waals surface area contributed by atoms with Gasteiger partial charge >= 0.3 is 0 Å². The van der Waals surface area contributed by atoms with Crippen LogP contribution in [0.25, 0.3) is 0 Å². The smallest absolute Gasteiger partial charge is 0.0716 e. The lowest BCUT2D eigenvalue weighted by Crippen LogP contribution is -2.16. The summed E-state index contributed by atoms with van der Waals surface area (Å²) in [4.78, 5) is 0. The first-order valence-electron chi connectivity index (χ1n) is 7.33. The zero-order valence-electron chi connectivity index (χ0n) is 12.4. The van der Waals surface area contributed by atoms with Crippen molar-refractivity contribution in [2.24, 2.45) is 0 Å². The monoisotopic (exact) mass is 303 g/mol. The number of halogens is 1. The Bertz CT molecular complexity index is 542. The molecule has 2 aromatic rings. The summed E-state index contributed by atoms with van der Waals surface area (Å²) in [6, 6.07) is 16.4. The molecule has 0 unspecified atom stereocenters. The topological polar surface area (TPSA) is 21.3 Å². The zero-order valence-corrected chi connectivity index (χ0v) is 13.2. The molecular formula is C18H22ClNO. The second-order valence-electron chi connectivity index (χ2n) is 5.15. The van der Waals surface area contributed by atoms with Crippen LogP contribution in [0.4, 0.5) is 0 Å². The van der Waals surface area contributed by atoms with Gasteiger partial charge in [-0.1, -0.05) is 54.1 Å². The number of aryl methyl sites for hydroxylation is 1. The van der Waals surface area contributed by atoms with Crippen LogP contribution in [0.3, 0.4) is 0 Å². The molecule has 0 bridgehead atoms. The Morgan fingerprint density at radius 1 is 1.05 bits per heavy atom. The van der Waals surface area contributed by atoms with Gasteiger partial charge in [0.2, 0.25) is 0 Å². The summed E-state index contributed by atoms with van der Waals surface area (Å²) in [6.07, 6.45) is 1.01. The average Bonchev–Trinajstić information content (AvgIpc) is 2.51. The third-order valence-corrected chi connectivity index (χ3v) is 3.73. The molecule has 0 atom stereocenters. The van der Waals surface area contributed by atoms with E-state index in [0.717, 1.165) is 36.7 Å². The van der Waals surface area contributed by atoms with Crippen molar-refractivity contribution in [3.8, 4) is 0 Å². The van der Waals surface area contributed by atoms with E-state index in [1.54, 1.807) is 0 Å². The number of benzene rings is 2. The van der Waals surface area contributed by atoms with Crippen molar-refractivity contribution in [2.45, 2.75) is 26.5 Å². The van der Waals surface area contributed by atoms with Crippen LogP contribution in [-0.2, 0) is 17.9 Å². The molecule has 0 spiro atoms. The minimum Gasteiger partial charge on any atom is -0.377 e. The highest BCUT2D eigenvalue weighted by Gasteiger charge is 1.97. The van der Waals surface area contributed by atoms with Crippen LogP contribution in [0.5, 0.6) is 0 Å². The molecular weight excluding hydrogens is 282 g/mol. The summed E-state index contributed by atoms with van der Waals surface area (Å²) < 4.78 is 5.65. The lowest BCUT2D eigenvalue weighted by atomic mass is 10.1. The maximum absolute atomic E-state index is 6.01. The first-order valence-corrected chi connectivity index (χ1v) is 7.71. The molecule has 0 radical (unpaired) electrons. The Labute approximate surface area is 132 Å². The van der Waals surface area contributed by atoms with Gasteiger partial charge < -0.3 is 10.1 Å². The van der Waals surface area contributed by atoms with Crippen LogP contribution in [-0.4, -0.2) is 13.2 Å². The van der Waals surface area contributed by atoms with Crippen LogP contribution in [0.1, 0.15) is 23.1 Å². The van der Waals surface area contributed by atoms with Crippen molar-refractivity contribution >= 4 is 11.6 Å². The molecule has 0 heterocycles. The number of hydrogen-bond donors (Lipinski definition) is 1.